The minimum Gasteiger partial charge on any atom is -0.508 e. The second kappa shape index (κ2) is 9.88. The maximum Gasteiger partial charge on any atom is 0.168 e. The van der Waals surface area contributed by atoms with Crippen molar-refractivity contribution in [3.05, 3.63) is 47.1 Å². The summed E-state index contributed by atoms with van der Waals surface area (Å²) in [4.78, 5) is 0. The Hall–Kier alpha value is -2.14. The summed E-state index contributed by atoms with van der Waals surface area (Å²) in [5.74, 6) is 0.791. The van der Waals surface area contributed by atoms with Crippen molar-refractivity contribution in [1.29, 1.82) is 0 Å². The first-order chi connectivity index (χ1) is 11.7. The Labute approximate surface area is 147 Å². The van der Waals surface area contributed by atoms with E-state index in [9.17, 15) is 5.11 Å². The Bertz CT molecular complexity index is 641. The van der Waals surface area contributed by atoms with E-state index in [2.05, 4.69) is 27.6 Å². The lowest BCUT2D eigenvalue weighted by Gasteiger charge is -2.08. The topological polar surface area (TPSA) is 70.4 Å². The summed E-state index contributed by atoms with van der Waals surface area (Å²) in [6, 6.07) is 10.5. The molecule has 0 aliphatic carbocycles. The standard InChI is InChI=1S/C18H23ClN4O/c1-2-3-4-5-6-7-16(14-8-10-15(24)11-9-14)20-22-18-13-12-17(19)21-23-18/h8-13,24H,2-7H2,1H3,(H,22,23)/b20-16-. The third kappa shape index (κ3) is 6.16. The second-order valence-electron chi connectivity index (χ2n) is 5.62. The van der Waals surface area contributed by atoms with Crippen LogP contribution in [0.4, 0.5) is 5.82 Å². The Morgan fingerprint density at radius 2 is 1.79 bits per heavy atom. The molecule has 0 radical (unpaired) electrons. The van der Waals surface area contributed by atoms with Gasteiger partial charge in [-0.15, -0.1) is 10.2 Å². The van der Waals surface area contributed by atoms with Gasteiger partial charge >= 0.3 is 0 Å². The molecule has 0 saturated heterocycles. The summed E-state index contributed by atoms with van der Waals surface area (Å²) in [6.07, 6.45) is 6.87. The maximum atomic E-state index is 9.46. The Morgan fingerprint density at radius 3 is 2.46 bits per heavy atom. The molecule has 2 rings (SSSR count). The van der Waals surface area contributed by atoms with Crippen LogP contribution in [0.15, 0.2) is 41.5 Å². The molecule has 0 atom stereocenters. The number of nitrogens with zero attached hydrogens (tertiary/aromatic N) is 3. The smallest absolute Gasteiger partial charge is 0.168 e. The molecule has 0 aliphatic rings. The van der Waals surface area contributed by atoms with Crippen molar-refractivity contribution in [3.63, 3.8) is 0 Å². The average molecular weight is 347 g/mol. The van der Waals surface area contributed by atoms with Crippen LogP contribution in [0.2, 0.25) is 5.15 Å². The molecule has 128 valence electrons. The van der Waals surface area contributed by atoms with Gasteiger partial charge in [-0.1, -0.05) is 44.2 Å². The van der Waals surface area contributed by atoms with Gasteiger partial charge in [-0.25, -0.2) is 0 Å². The molecular weight excluding hydrogens is 324 g/mol. The number of phenolic OH excluding ortho intramolecular Hbond substituents is 1. The van der Waals surface area contributed by atoms with Crippen molar-refractivity contribution < 1.29 is 5.11 Å². The van der Waals surface area contributed by atoms with Gasteiger partial charge in [0, 0.05) is 0 Å². The molecular formula is C18H23ClN4O. The highest BCUT2D eigenvalue weighted by atomic mass is 35.5. The minimum absolute atomic E-state index is 0.248. The SMILES string of the molecule is CCCCCCC/C(=N/Nc1ccc(Cl)nn1)c1ccc(O)cc1. The van der Waals surface area contributed by atoms with Crippen LogP contribution < -0.4 is 5.43 Å². The van der Waals surface area contributed by atoms with Crippen LogP contribution >= 0.6 is 11.6 Å². The van der Waals surface area contributed by atoms with Crippen molar-refractivity contribution in [3.8, 4) is 5.75 Å². The normalized spacial score (nSPS) is 11.5. The van der Waals surface area contributed by atoms with Gasteiger partial charge in [0.1, 0.15) is 5.75 Å². The van der Waals surface area contributed by atoms with Crippen LogP contribution in [0, 0.1) is 0 Å². The number of benzene rings is 1. The average Bonchev–Trinajstić information content (AvgIpc) is 2.60. The number of anilines is 1. The monoisotopic (exact) mass is 346 g/mol. The van der Waals surface area contributed by atoms with E-state index < -0.39 is 0 Å². The van der Waals surface area contributed by atoms with Crippen LogP contribution in [0.25, 0.3) is 0 Å². The number of hydrazone groups is 1. The fourth-order valence-electron chi connectivity index (χ4n) is 2.31. The molecule has 2 aromatic rings. The van der Waals surface area contributed by atoms with E-state index >= 15 is 0 Å². The summed E-state index contributed by atoms with van der Waals surface area (Å²) in [5.41, 5.74) is 4.85. The van der Waals surface area contributed by atoms with Crippen LogP contribution in [0.3, 0.4) is 0 Å². The minimum atomic E-state index is 0.248. The number of hydrogen-bond acceptors (Lipinski definition) is 5. The highest BCUT2D eigenvalue weighted by Crippen LogP contribution is 2.15. The predicted octanol–water partition coefficient (Wildman–Crippen LogP) is 5.01. The highest BCUT2D eigenvalue weighted by molar-refractivity contribution is 6.29. The molecule has 0 unspecified atom stereocenters. The van der Waals surface area contributed by atoms with Crippen molar-refractivity contribution in [2.45, 2.75) is 45.4 Å². The lowest BCUT2D eigenvalue weighted by Crippen LogP contribution is -2.06. The maximum absolute atomic E-state index is 9.46. The molecule has 0 amide bonds. The summed E-state index contributed by atoms with van der Waals surface area (Å²) < 4.78 is 0. The van der Waals surface area contributed by atoms with Crippen LogP contribution in [0.1, 0.15) is 51.0 Å². The van der Waals surface area contributed by atoms with E-state index in [-0.39, 0.29) is 5.75 Å². The number of aromatic nitrogens is 2. The molecule has 24 heavy (non-hydrogen) atoms. The van der Waals surface area contributed by atoms with E-state index in [0.717, 1.165) is 24.1 Å². The van der Waals surface area contributed by atoms with Gasteiger partial charge < -0.3 is 5.11 Å². The molecule has 6 heteroatoms. The second-order valence-corrected chi connectivity index (χ2v) is 6.01. The van der Waals surface area contributed by atoms with Crippen molar-refractivity contribution in [2.24, 2.45) is 5.10 Å². The lowest BCUT2D eigenvalue weighted by atomic mass is 10.0. The molecule has 0 aliphatic heterocycles. The first kappa shape index (κ1) is 18.2. The van der Waals surface area contributed by atoms with E-state index in [1.54, 1.807) is 24.3 Å². The van der Waals surface area contributed by atoms with Crippen LogP contribution in [-0.4, -0.2) is 21.0 Å². The van der Waals surface area contributed by atoms with Gasteiger partial charge in [-0.2, -0.15) is 5.10 Å². The van der Waals surface area contributed by atoms with E-state index in [0.29, 0.717) is 11.0 Å². The first-order valence-corrected chi connectivity index (χ1v) is 8.68. The van der Waals surface area contributed by atoms with E-state index in [1.807, 2.05) is 12.1 Å². The van der Waals surface area contributed by atoms with Gasteiger partial charge in [0.25, 0.3) is 0 Å². The lowest BCUT2D eigenvalue weighted by molar-refractivity contribution is 0.475. The van der Waals surface area contributed by atoms with Crippen molar-refractivity contribution in [1.82, 2.24) is 10.2 Å². The molecule has 0 saturated carbocycles. The van der Waals surface area contributed by atoms with Crippen LogP contribution in [-0.2, 0) is 0 Å². The molecule has 0 fully saturated rings. The van der Waals surface area contributed by atoms with E-state index in [4.69, 9.17) is 11.6 Å². The Morgan fingerprint density at radius 1 is 1.04 bits per heavy atom. The fraction of sp³-hybridized carbons (Fsp3) is 0.389. The number of rotatable bonds is 9. The molecule has 1 aromatic carbocycles. The van der Waals surface area contributed by atoms with Gasteiger partial charge in [-0.05, 0) is 54.8 Å². The van der Waals surface area contributed by atoms with E-state index in [1.165, 1.54) is 25.7 Å². The summed E-state index contributed by atoms with van der Waals surface area (Å²) >= 11 is 5.73. The molecule has 5 nitrogen and oxygen atoms in total. The third-order valence-electron chi connectivity index (χ3n) is 3.66. The van der Waals surface area contributed by atoms with Crippen molar-refractivity contribution >= 4 is 23.1 Å². The fourth-order valence-corrected chi connectivity index (χ4v) is 2.42. The van der Waals surface area contributed by atoms with Gasteiger partial charge in [0.15, 0.2) is 11.0 Å². The quantitative estimate of drug-likeness (QED) is 0.380. The first-order valence-electron chi connectivity index (χ1n) is 8.30. The number of hydrogen-bond donors (Lipinski definition) is 2. The van der Waals surface area contributed by atoms with Crippen LogP contribution in [0.5, 0.6) is 5.75 Å². The summed E-state index contributed by atoms with van der Waals surface area (Å²) in [5, 5.41) is 22.0. The summed E-state index contributed by atoms with van der Waals surface area (Å²) in [7, 11) is 0. The highest BCUT2D eigenvalue weighted by Gasteiger charge is 2.05. The Kier molecular flexibility index (Phi) is 7.49. The number of nitrogens with one attached hydrogen (secondary N) is 1. The molecule has 1 heterocycles. The van der Waals surface area contributed by atoms with Gasteiger partial charge in [0.05, 0.1) is 5.71 Å². The number of halogens is 1. The zero-order chi connectivity index (χ0) is 17.2. The number of aromatic hydroxyl groups is 1. The van der Waals surface area contributed by atoms with Gasteiger partial charge in [-0.3, -0.25) is 5.43 Å². The van der Waals surface area contributed by atoms with Gasteiger partial charge in [0.2, 0.25) is 0 Å². The summed E-state index contributed by atoms with van der Waals surface area (Å²) in [6.45, 7) is 2.21. The third-order valence-corrected chi connectivity index (χ3v) is 3.86. The molecule has 0 spiro atoms. The Balaban J connectivity index is 2.04. The number of phenols is 1. The number of unbranched alkanes of at least 4 members (excludes halogenated alkanes) is 4. The largest absolute Gasteiger partial charge is 0.508 e. The molecule has 1 aromatic heterocycles. The predicted molar refractivity (Wildman–Crippen MR) is 98.7 cm³/mol. The van der Waals surface area contributed by atoms with Crippen molar-refractivity contribution in [2.75, 3.05) is 5.43 Å². The molecule has 2 N–H and O–H groups in total. The zero-order valence-corrected chi connectivity index (χ0v) is 14.6. The zero-order valence-electron chi connectivity index (χ0n) is 13.9. The molecule has 0 bridgehead atoms.